The maximum Gasteiger partial charge on any atom is 0.152 e. The van der Waals surface area contributed by atoms with Gasteiger partial charge in [0.15, 0.2) is 5.75 Å². The van der Waals surface area contributed by atoms with E-state index in [2.05, 4.69) is 20.9 Å². The Balaban J connectivity index is 2.86. The largest absolute Gasteiger partial charge is 0.488 e. The Kier molecular flexibility index (Phi) is 3.35. The van der Waals surface area contributed by atoms with Crippen molar-refractivity contribution in [2.24, 2.45) is 0 Å². The highest BCUT2D eigenvalue weighted by molar-refractivity contribution is 9.10. The van der Waals surface area contributed by atoms with Crippen molar-refractivity contribution in [2.45, 2.75) is 20.0 Å². The monoisotopic (exact) mass is 249 g/mol. The first-order valence-electron chi connectivity index (χ1n) is 3.58. The summed E-state index contributed by atoms with van der Waals surface area (Å²) in [4.78, 5) is 3.98. The maximum atomic E-state index is 5.66. The molecule has 0 atom stereocenters. The van der Waals surface area contributed by atoms with Gasteiger partial charge in [-0.3, -0.25) is 0 Å². The van der Waals surface area contributed by atoms with Crippen LogP contribution in [0.1, 0.15) is 13.8 Å². The number of halogens is 2. The molecular weight excluding hydrogens is 241 g/mol. The number of rotatable bonds is 2. The third kappa shape index (κ3) is 2.64. The third-order valence-electron chi connectivity index (χ3n) is 1.14. The van der Waals surface area contributed by atoms with Crippen molar-refractivity contribution in [1.29, 1.82) is 0 Å². The molecule has 66 valence electrons. The first-order chi connectivity index (χ1) is 5.59. The van der Waals surface area contributed by atoms with Gasteiger partial charge in [0.2, 0.25) is 0 Å². The molecule has 0 N–H and O–H groups in total. The van der Waals surface area contributed by atoms with Crippen molar-refractivity contribution in [1.82, 2.24) is 4.98 Å². The molecule has 0 saturated carbocycles. The predicted octanol–water partition coefficient (Wildman–Crippen LogP) is 3.28. The lowest BCUT2D eigenvalue weighted by molar-refractivity contribution is 0.239. The summed E-state index contributed by atoms with van der Waals surface area (Å²) in [6.45, 7) is 3.92. The summed E-state index contributed by atoms with van der Waals surface area (Å²) in [6, 6.07) is 3.49. The smallest absolute Gasteiger partial charge is 0.152 e. The molecule has 1 heterocycles. The van der Waals surface area contributed by atoms with E-state index in [-0.39, 0.29) is 6.10 Å². The molecule has 1 aromatic rings. The average Bonchev–Trinajstić information content (AvgIpc) is 1.94. The molecule has 0 aliphatic carbocycles. The number of pyridine rings is 1. The van der Waals surface area contributed by atoms with Gasteiger partial charge in [-0.25, -0.2) is 4.98 Å². The summed E-state index contributed by atoms with van der Waals surface area (Å²) in [6.07, 6.45) is 0.143. The first kappa shape index (κ1) is 9.81. The van der Waals surface area contributed by atoms with Crippen molar-refractivity contribution < 1.29 is 4.74 Å². The Hall–Kier alpha value is -0.280. The molecule has 0 unspecified atom stereocenters. The van der Waals surface area contributed by atoms with Gasteiger partial charge in [0.25, 0.3) is 0 Å². The van der Waals surface area contributed by atoms with Crippen LogP contribution in [0.3, 0.4) is 0 Å². The fraction of sp³-hybridized carbons (Fsp3) is 0.375. The van der Waals surface area contributed by atoms with E-state index in [4.69, 9.17) is 16.3 Å². The van der Waals surface area contributed by atoms with Gasteiger partial charge >= 0.3 is 0 Å². The van der Waals surface area contributed by atoms with E-state index in [1.54, 1.807) is 12.1 Å². The molecule has 0 spiro atoms. The topological polar surface area (TPSA) is 22.1 Å². The quantitative estimate of drug-likeness (QED) is 0.752. The Labute approximate surface area is 85.0 Å². The molecule has 0 bridgehead atoms. The fourth-order valence-electron chi connectivity index (χ4n) is 0.741. The fourth-order valence-corrected chi connectivity index (χ4v) is 1.41. The van der Waals surface area contributed by atoms with Crippen molar-refractivity contribution in [3.63, 3.8) is 0 Å². The summed E-state index contributed by atoms with van der Waals surface area (Å²) in [5, 5.41) is 0.456. The summed E-state index contributed by atoms with van der Waals surface area (Å²) < 4.78 is 6.07. The summed E-state index contributed by atoms with van der Waals surface area (Å²) in [7, 11) is 0. The second kappa shape index (κ2) is 4.10. The Bertz CT molecular complexity index is 278. The molecule has 4 heteroatoms. The normalized spacial score (nSPS) is 10.4. The Morgan fingerprint density at radius 3 is 2.67 bits per heavy atom. The zero-order valence-corrected chi connectivity index (χ0v) is 9.19. The lowest BCUT2D eigenvalue weighted by atomic mass is 10.4. The van der Waals surface area contributed by atoms with Gasteiger partial charge in [0.05, 0.1) is 6.10 Å². The van der Waals surface area contributed by atoms with Gasteiger partial charge in [0.1, 0.15) is 9.76 Å². The minimum atomic E-state index is 0.143. The number of hydrogen-bond acceptors (Lipinski definition) is 2. The standard InChI is InChI=1S/C8H9BrClNO/c1-5(2)12-6-3-4-7(10)11-8(6)9/h3-5H,1-2H3. The van der Waals surface area contributed by atoms with Crippen molar-refractivity contribution in [3.8, 4) is 5.75 Å². The van der Waals surface area contributed by atoms with Gasteiger partial charge in [-0.2, -0.15) is 0 Å². The highest BCUT2D eigenvalue weighted by Crippen LogP contribution is 2.25. The van der Waals surface area contributed by atoms with E-state index in [9.17, 15) is 0 Å². The molecule has 1 aromatic heterocycles. The Morgan fingerprint density at radius 1 is 1.50 bits per heavy atom. The maximum absolute atomic E-state index is 5.66. The summed E-state index contributed by atoms with van der Waals surface area (Å²) >= 11 is 8.91. The van der Waals surface area contributed by atoms with E-state index >= 15 is 0 Å². The number of aromatic nitrogens is 1. The number of hydrogen-bond donors (Lipinski definition) is 0. The first-order valence-corrected chi connectivity index (χ1v) is 4.75. The SMILES string of the molecule is CC(C)Oc1ccc(Cl)nc1Br. The van der Waals surface area contributed by atoms with E-state index in [1.807, 2.05) is 13.8 Å². The molecular formula is C8H9BrClNO. The van der Waals surface area contributed by atoms with E-state index in [0.717, 1.165) is 5.75 Å². The molecule has 0 aromatic carbocycles. The lowest BCUT2D eigenvalue weighted by Gasteiger charge is -2.10. The van der Waals surface area contributed by atoms with Gasteiger partial charge < -0.3 is 4.74 Å². The number of ether oxygens (including phenoxy) is 1. The van der Waals surface area contributed by atoms with Crippen LogP contribution in [0.2, 0.25) is 5.15 Å². The molecule has 0 fully saturated rings. The molecule has 0 aliphatic rings. The molecule has 0 radical (unpaired) electrons. The van der Waals surface area contributed by atoms with Crippen LogP contribution < -0.4 is 4.74 Å². The average molecular weight is 251 g/mol. The van der Waals surface area contributed by atoms with Crippen LogP contribution in [-0.4, -0.2) is 11.1 Å². The molecule has 12 heavy (non-hydrogen) atoms. The van der Waals surface area contributed by atoms with Gasteiger partial charge in [0, 0.05) is 0 Å². The van der Waals surface area contributed by atoms with Crippen LogP contribution >= 0.6 is 27.5 Å². The Morgan fingerprint density at radius 2 is 2.17 bits per heavy atom. The summed E-state index contributed by atoms with van der Waals surface area (Å²) in [5.74, 6) is 0.717. The van der Waals surface area contributed by atoms with E-state index < -0.39 is 0 Å². The van der Waals surface area contributed by atoms with Gasteiger partial charge in [-0.1, -0.05) is 11.6 Å². The zero-order valence-electron chi connectivity index (χ0n) is 6.84. The minimum absolute atomic E-state index is 0.143. The van der Waals surface area contributed by atoms with Crippen molar-refractivity contribution in [2.75, 3.05) is 0 Å². The van der Waals surface area contributed by atoms with Crippen LogP contribution in [0.5, 0.6) is 5.75 Å². The minimum Gasteiger partial charge on any atom is -0.488 e. The van der Waals surface area contributed by atoms with E-state index in [0.29, 0.717) is 9.76 Å². The van der Waals surface area contributed by atoms with Gasteiger partial charge in [-0.05, 0) is 41.9 Å². The number of nitrogens with zero attached hydrogens (tertiary/aromatic N) is 1. The zero-order chi connectivity index (χ0) is 9.14. The second-order valence-electron chi connectivity index (χ2n) is 2.59. The highest BCUT2D eigenvalue weighted by Gasteiger charge is 2.04. The molecule has 0 amide bonds. The highest BCUT2D eigenvalue weighted by atomic mass is 79.9. The third-order valence-corrected chi connectivity index (χ3v) is 1.92. The van der Waals surface area contributed by atoms with Crippen LogP contribution in [0.15, 0.2) is 16.7 Å². The van der Waals surface area contributed by atoms with Crippen LogP contribution in [0, 0.1) is 0 Å². The second-order valence-corrected chi connectivity index (χ2v) is 3.73. The predicted molar refractivity (Wildman–Crippen MR) is 52.7 cm³/mol. The summed E-state index contributed by atoms with van der Waals surface area (Å²) in [5.41, 5.74) is 0. The lowest BCUT2D eigenvalue weighted by Crippen LogP contribution is -2.06. The molecule has 0 aliphatic heterocycles. The van der Waals surface area contributed by atoms with Crippen molar-refractivity contribution >= 4 is 27.5 Å². The van der Waals surface area contributed by atoms with Crippen LogP contribution in [-0.2, 0) is 0 Å². The van der Waals surface area contributed by atoms with Crippen LogP contribution in [0.4, 0.5) is 0 Å². The molecule has 1 rings (SSSR count). The van der Waals surface area contributed by atoms with Gasteiger partial charge in [-0.15, -0.1) is 0 Å². The van der Waals surface area contributed by atoms with E-state index in [1.165, 1.54) is 0 Å². The molecule has 0 saturated heterocycles. The van der Waals surface area contributed by atoms with Crippen LogP contribution in [0.25, 0.3) is 0 Å². The van der Waals surface area contributed by atoms with Crippen molar-refractivity contribution in [3.05, 3.63) is 21.9 Å². The molecule has 2 nitrogen and oxygen atoms in total.